The Balaban J connectivity index is 2.51. The second-order valence-corrected chi connectivity index (χ2v) is 3.72. The Hall–Kier alpha value is -2.30. The maximum absolute atomic E-state index is 11.0. The van der Waals surface area contributed by atoms with Crippen molar-refractivity contribution in [1.29, 1.82) is 0 Å². The van der Waals surface area contributed by atoms with Crippen LogP contribution >= 0.6 is 0 Å². The van der Waals surface area contributed by atoms with E-state index in [-0.39, 0.29) is 5.76 Å². The quantitative estimate of drug-likeness (QED) is 0.899. The van der Waals surface area contributed by atoms with Crippen molar-refractivity contribution in [1.82, 2.24) is 4.98 Å². The van der Waals surface area contributed by atoms with Crippen molar-refractivity contribution in [2.45, 2.75) is 13.3 Å². The van der Waals surface area contributed by atoms with Gasteiger partial charge in [-0.2, -0.15) is 0 Å². The minimum atomic E-state index is -1.13. The number of carbonyl (C=O) groups is 1. The van der Waals surface area contributed by atoms with Gasteiger partial charge in [0.15, 0.2) is 6.39 Å². The van der Waals surface area contributed by atoms with Gasteiger partial charge in [0, 0.05) is 5.56 Å². The molecule has 0 aliphatic rings. The number of hydrogen-bond acceptors (Lipinski definition) is 4. The summed E-state index contributed by atoms with van der Waals surface area (Å²) in [5, 5.41) is 8.98. The molecule has 0 saturated heterocycles. The van der Waals surface area contributed by atoms with Crippen LogP contribution in [0.4, 0.5) is 0 Å². The number of carboxylic acids is 1. The highest BCUT2D eigenvalue weighted by atomic mass is 16.5. The van der Waals surface area contributed by atoms with Crippen molar-refractivity contribution in [2.24, 2.45) is 0 Å². The average molecular weight is 247 g/mol. The first kappa shape index (κ1) is 12.2. The van der Waals surface area contributed by atoms with Crippen LogP contribution < -0.4 is 4.74 Å². The second-order valence-electron chi connectivity index (χ2n) is 3.72. The highest BCUT2D eigenvalue weighted by Crippen LogP contribution is 2.28. The molecule has 1 aromatic heterocycles. The van der Waals surface area contributed by atoms with Gasteiger partial charge in [-0.3, -0.25) is 0 Å². The molecule has 0 aliphatic heterocycles. The van der Waals surface area contributed by atoms with Gasteiger partial charge in [0.25, 0.3) is 0 Å². The molecule has 0 amide bonds. The molecule has 1 aromatic carbocycles. The van der Waals surface area contributed by atoms with Gasteiger partial charge < -0.3 is 14.3 Å². The smallest absolute Gasteiger partial charge is 0.374 e. The van der Waals surface area contributed by atoms with Crippen LogP contribution in [0, 0.1) is 0 Å². The minimum absolute atomic E-state index is 0.151. The lowest BCUT2D eigenvalue weighted by molar-refractivity contribution is 0.0663. The van der Waals surface area contributed by atoms with E-state index >= 15 is 0 Å². The van der Waals surface area contributed by atoms with Gasteiger partial charge in [0.2, 0.25) is 5.76 Å². The number of rotatable bonds is 4. The Labute approximate surface area is 104 Å². The molecule has 0 aliphatic carbocycles. The largest absolute Gasteiger partial charge is 0.496 e. The molecule has 1 heterocycles. The average Bonchev–Trinajstić information content (AvgIpc) is 2.87. The van der Waals surface area contributed by atoms with Crippen LogP contribution in [0.15, 0.2) is 29.0 Å². The first-order chi connectivity index (χ1) is 8.67. The molecule has 0 atom stereocenters. The first-order valence-corrected chi connectivity index (χ1v) is 5.51. The van der Waals surface area contributed by atoms with Gasteiger partial charge in [-0.1, -0.05) is 6.92 Å². The highest BCUT2D eigenvalue weighted by molar-refractivity contribution is 5.91. The maximum atomic E-state index is 11.0. The fraction of sp³-hybridized carbons (Fsp3) is 0.231. The van der Waals surface area contributed by atoms with E-state index in [0.717, 1.165) is 24.1 Å². The summed E-state index contributed by atoms with van der Waals surface area (Å²) in [7, 11) is 1.60. The zero-order valence-electron chi connectivity index (χ0n) is 10.1. The minimum Gasteiger partial charge on any atom is -0.496 e. The molecule has 18 heavy (non-hydrogen) atoms. The molecule has 1 N–H and O–H groups in total. The summed E-state index contributed by atoms with van der Waals surface area (Å²) in [5.41, 5.74) is 2.04. The van der Waals surface area contributed by atoms with E-state index in [2.05, 4.69) is 4.98 Å². The van der Waals surface area contributed by atoms with Gasteiger partial charge in [0.1, 0.15) is 11.4 Å². The van der Waals surface area contributed by atoms with E-state index in [9.17, 15) is 4.79 Å². The number of hydrogen-bond donors (Lipinski definition) is 1. The molecule has 2 aromatic rings. The van der Waals surface area contributed by atoms with Crippen molar-refractivity contribution in [3.8, 4) is 17.0 Å². The molecular formula is C13H13NO4. The summed E-state index contributed by atoms with van der Waals surface area (Å²) in [6, 6.07) is 5.43. The fourth-order valence-corrected chi connectivity index (χ4v) is 1.81. The van der Waals surface area contributed by atoms with Gasteiger partial charge in [-0.15, -0.1) is 0 Å². The number of aromatic carboxylic acids is 1. The van der Waals surface area contributed by atoms with E-state index in [1.165, 1.54) is 0 Å². The van der Waals surface area contributed by atoms with Gasteiger partial charge in [-0.25, -0.2) is 9.78 Å². The fourth-order valence-electron chi connectivity index (χ4n) is 1.81. The summed E-state index contributed by atoms with van der Waals surface area (Å²) in [5.74, 6) is -0.500. The van der Waals surface area contributed by atoms with E-state index in [1.54, 1.807) is 19.2 Å². The Kier molecular flexibility index (Phi) is 3.32. The Morgan fingerprint density at radius 3 is 2.89 bits per heavy atom. The molecule has 2 rings (SSSR count). The number of aryl methyl sites for hydroxylation is 1. The lowest BCUT2D eigenvalue weighted by Crippen LogP contribution is -1.98. The SMILES string of the molecule is CCc1cc(-c2ncoc2C(=O)O)ccc1OC. The van der Waals surface area contributed by atoms with Gasteiger partial charge in [0.05, 0.1) is 7.11 Å². The standard InChI is InChI=1S/C13H13NO4/c1-3-8-6-9(4-5-10(8)17-2)11-12(13(15)16)18-7-14-11/h4-7H,3H2,1-2H3,(H,15,16). The molecule has 0 unspecified atom stereocenters. The number of benzene rings is 1. The van der Waals surface area contributed by atoms with Crippen LogP contribution in [0.1, 0.15) is 23.0 Å². The number of carboxylic acid groups (broad SMARTS) is 1. The lowest BCUT2D eigenvalue weighted by Gasteiger charge is -2.08. The molecule has 0 fully saturated rings. The van der Waals surface area contributed by atoms with E-state index < -0.39 is 5.97 Å². The number of ether oxygens (including phenoxy) is 1. The lowest BCUT2D eigenvalue weighted by atomic mass is 10.0. The van der Waals surface area contributed by atoms with Crippen molar-refractivity contribution in [2.75, 3.05) is 7.11 Å². The highest BCUT2D eigenvalue weighted by Gasteiger charge is 2.18. The number of oxazole rings is 1. The van der Waals surface area contributed by atoms with Gasteiger partial charge >= 0.3 is 5.97 Å². The number of methoxy groups -OCH3 is 1. The van der Waals surface area contributed by atoms with Crippen molar-refractivity contribution >= 4 is 5.97 Å². The topological polar surface area (TPSA) is 72.6 Å². The summed E-state index contributed by atoms with van der Waals surface area (Å²) < 4.78 is 10.1. The Morgan fingerprint density at radius 1 is 1.50 bits per heavy atom. The van der Waals surface area contributed by atoms with Crippen LogP contribution in [0.25, 0.3) is 11.3 Å². The zero-order chi connectivity index (χ0) is 13.1. The first-order valence-electron chi connectivity index (χ1n) is 5.51. The predicted molar refractivity (Wildman–Crippen MR) is 64.8 cm³/mol. The molecule has 0 saturated carbocycles. The van der Waals surface area contributed by atoms with Crippen molar-refractivity contribution in [3.63, 3.8) is 0 Å². The van der Waals surface area contributed by atoms with Crippen molar-refractivity contribution in [3.05, 3.63) is 35.9 Å². The van der Waals surface area contributed by atoms with Crippen molar-refractivity contribution < 1.29 is 19.1 Å². The summed E-state index contributed by atoms with van der Waals surface area (Å²) in [4.78, 5) is 14.9. The third kappa shape index (κ3) is 2.07. The third-order valence-electron chi connectivity index (χ3n) is 2.70. The molecule has 5 nitrogen and oxygen atoms in total. The van der Waals surface area contributed by atoms with Crippen LogP contribution in [0.2, 0.25) is 0 Å². The van der Waals surface area contributed by atoms with Crippen LogP contribution in [0.3, 0.4) is 0 Å². The molecular weight excluding hydrogens is 234 g/mol. The van der Waals surface area contributed by atoms with Crippen LogP contribution in [0.5, 0.6) is 5.75 Å². The Morgan fingerprint density at radius 2 is 2.28 bits per heavy atom. The maximum Gasteiger partial charge on any atom is 0.374 e. The summed E-state index contributed by atoms with van der Waals surface area (Å²) in [6.45, 7) is 2.00. The molecule has 5 heteroatoms. The van der Waals surface area contributed by atoms with Crippen LogP contribution in [-0.4, -0.2) is 23.2 Å². The molecule has 94 valence electrons. The van der Waals surface area contributed by atoms with E-state index in [4.69, 9.17) is 14.3 Å². The summed E-state index contributed by atoms with van der Waals surface area (Å²) >= 11 is 0. The molecule has 0 radical (unpaired) electrons. The monoisotopic (exact) mass is 247 g/mol. The molecule has 0 bridgehead atoms. The van der Waals surface area contributed by atoms with Gasteiger partial charge in [-0.05, 0) is 30.2 Å². The number of aromatic nitrogens is 1. The number of nitrogens with zero attached hydrogens (tertiary/aromatic N) is 1. The summed E-state index contributed by atoms with van der Waals surface area (Å²) in [6.07, 6.45) is 1.92. The predicted octanol–water partition coefficient (Wildman–Crippen LogP) is 2.61. The second kappa shape index (κ2) is 4.91. The van der Waals surface area contributed by atoms with E-state index in [1.807, 2.05) is 13.0 Å². The molecule has 0 spiro atoms. The van der Waals surface area contributed by atoms with E-state index in [0.29, 0.717) is 11.3 Å². The normalized spacial score (nSPS) is 10.3. The third-order valence-corrected chi connectivity index (χ3v) is 2.70. The zero-order valence-corrected chi connectivity index (χ0v) is 10.1. The Bertz CT molecular complexity index is 574. The van der Waals surface area contributed by atoms with Crippen LogP contribution in [-0.2, 0) is 6.42 Å².